The summed E-state index contributed by atoms with van der Waals surface area (Å²) in [5, 5.41) is 4.03. The molecule has 0 aliphatic carbocycles. The number of rotatable bonds is 5. The maximum absolute atomic E-state index is 11.9. The van der Waals surface area contributed by atoms with Crippen LogP contribution in [0.5, 0.6) is 0 Å². The molecule has 19 heavy (non-hydrogen) atoms. The highest BCUT2D eigenvalue weighted by molar-refractivity contribution is 7.89. The summed E-state index contributed by atoms with van der Waals surface area (Å²) in [4.78, 5) is 3.81. The van der Waals surface area contributed by atoms with Gasteiger partial charge >= 0.3 is 0 Å². The summed E-state index contributed by atoms with van der Waals surface area (Å²) in [5.41, 5.74) is 0.703. The molecule has 2 heterocycles. The maximum Gasteiger partial charge on any atom is 0.242 e. The summed E-state index contributed by atoms with van der Waals surface area (Å²) < 4.78 is 31.2. The molecule has 0 atom stereocenters. The van der Waals surface area contributed by atoms with Crippen LogP contribution in [0.15, 0.2) is 33.8 Å². The van der Waals surface area contributed by atoms with Crippen LogP contribution in [-0.2, 0) is 16.4 Å². The van der Waals surface area contributed by atoms with Gasteiger partial charge in [-0.25, -0.2) is 18.1 Å². The van der Waals surface area contributed by atoms with Gasteiger partial charge in [-0.2, -0.15) is 0 Å². The van der Waals surface area contributed by atoms with Crippen molar-refractivity contribution in [3.05, 3.63) is 41.0 Å². The number of sulfonamides is 1. The Morgan fingerprint density at radius 2 is 2.21 bits per heavy atom. The van der Waals surface area contributed by atoms with Gasteiger partial charge in [-0.15, -0.1) is 0 Å². The molecule has 2 rings (SSSR count). The zero-order chi connectivity index (χ0) is 13.9. The monoisotopic (exact) mass is 301 g/mol. The Balaban J connectivity index is 1.96. The molecule has 0 aliphatic heterocycles. The number of nitrogens with zero attached hydrogens (tertiary/aromatic N) is 2. The van der Waals surface area contributed by atoms with Gasteiger partial charge in [0.2, 0.25) is 10.0 Å². The van der Waals surface area contributed by atoms with E-state index in [4.69, 9.17) is 16.1 Å². The summed E-state index contributed by atoms with van der Waals surface area (Å²) in [5.74, 6) is 0.694. The van der Waals surface area contributed by atoms with E-state index in [1.165, 1.54) is 18.3 Å². The molecule has 0 fully saturated rings. The van der Waals surface area contributed by atoms with Crippen LogP contribution in [0.25, 0.3) is 0 Å². The van der Waals surface area contributed by atoms with Crippen molar-refractivity contribution < 1.29 is 12.9 Å². The van der Waals surface area contributed by atoms with E-state index < -0.39 is 10.0 Å². The van der Waals surface area contributed by atoms with Crippen molar-refractivity contribution in [2.75, 3.05) is 6.54 Å². The van der Waals surface area contributed by atoms with Crippen molar-refractivity contribution in [3.8, 4) is 0 Å². The Hall–Kier alpha value is -1.44. The number of pyridine rings is 1. The third kappa shape index (κ3) is 3.76. The lowest BCUT2D eigenvalue weighted by Crippen LogP contribution is -2.26. The van der Waals surface area contributed by atoms with Crippen LogP contribution in [0.2, 0.25) is 5.15 Å². The summed E-state index contributed by atoms with van der Waals surface area (Å²) in [6.45, 7) is 2.01. The molecule has 0 aromatic carbocycles. The first-order valence-electron chi connectivity index (χ1n) is 5.51. The van der Waals surface area contributed by atoms with Crippen LogP contribution >= 0.6 is 11.6 Å². The van der Waals surface area contributed by atoms with Crippen molar-refractivity contribution in [2.45, 2.75) is 18.2 Å². The summed E-state index contributed by atoms with van der Waals surface area (Å²) in [6, 6.07) is 4.59. The summed E-state index contributed by atoms with van der Waals surface area (Å²) in [6.07, 6.45) is 1.67. The normalized spacial score (nSPS) is 11.7. The predicted molar refractivity (Wildman–Crippen MR) is 69.4 cm³/mol. The molecule has 2 aromatic heterocycles. The predicted octanol–water partition coefficient (Wildman–Crippen LogP) is 1.55. The third-order valence-electron chi connectivity index (χ3n) is 2.36. The van der Waals surface area contributed by atoms with Crippen LogP contribution in [0.4, 0.5) is 0 Å². The van der Waals surface area contributed by atoms with E-state index in [0.29, 0.717) is 17.9 Å². The third-order valence-corrected chi connectivity index (χ3v) is 4.03. The molecule has 0 radical (unpaired) electrons. The topological polar surface area (TPSA) is 85.1 Å². The molecule has 0 bridgehead atoms. The van der Waals surface area contributed by atoms with Crippen molar-refractivity contribution in [2.24, 2.45) is 0 Å². The smallest absolute Gasteiger partial charge is 0.242 e. The molecule has 0 saturated heterocycles. The van der Waals surface area contributed by atoms with Crippen molar-refractivity contribution in [1.82, 2.24) is 14.9 Å². The Labute approximate surface area is 115 Å². The zero-order valence-corrected chi connectivity index (χ0v) is 11.7. The van der Waals surface area contributed by atoms with Gasteiger partial charge in [0.25, 0.3) is 0 Å². The van der Waals surface area contributed by atoms with E-state index in [1.807, 2.05) is 0 Å². The van der Waals surface area contributed by atoms with E-state index in [2.05, 4.69) is 14.9 Å². The number of halogens is 1. The van der Waals surface area contributed by atoms with Crippen molar-refractivity contribution in [3.63, 3.8) is 0 Å². The molecule has 0 aliphatic rings. The lowest BCUT2D eigenvalue weighted by Gasteiger charge is -2.05. The number of hydrogen-bond acceptors (Lipinski definition) is 5. The zero-order valence-electron chi connectivity index (χ0n) is 10.1. The Morgan fingerprint density at radius 1 is 1.42 bits per heavy atom. The lowest BCUT2D eigenvalue weighted by atomic mass is 10.3. The average Bonchev–Trinajstić information content (AvgIpc) is 2.75. The first-order chi connectivity index (χ1) is 8.97. The standard InChI is InChI=1S/C11H12ClN3O3S/c1-8-6-9(15-18-8)4-5-14-19(16,17)10-2-3-11(12)13-7-10/h2-3,6-7,14H,4-5H2,1H3. The van der Waals surface area contributed by atoms with E-state index in [9.17, 15) is 8.42 Å². The van der Waals surface area contributed by atoms with Crippen LogP contribution in [0.1, 0.15) is 11.5 Å². The van der Waals surface area contributed by atoms with E-state index in [1.54, 1.807) is 13.0 Å². The summed E-state index contributed by atoms with van der Waals surface area (Å²) in [7, 11) is -3.57. The highest BCUT2D eigenvalue weighted by atomic mass is 35.5. The van der Waals surface area contributed by atoms with Gasteiger partial charge in [-0.1, -0.05) is 16.8 Å². The molecule has 1 N–H and O–H groups in total. The van der Waals surface area contributed by atoms with Gasteiger partial charge in [0, 0.05) is 25.2 Å². The fraction of sp³-hybridized carbons (Fsp3) is 0.273. The van der Waals surface area contributed by atoms with Crippen LogP contribution in [0.3, 0.4) is 0 Å². The minimum Gasteiger partial charge on any atom is -0.361 e. The Kier molecular flexibility index (Phi) is 4.18. The SMILES string of the molecule is Cc1cc(CCNS(=O)(=O)c2ccc(Cl)nc2)no1. The lowest BCUT2D eigenvalue weighted by molar-refractivity contribution is 0.390. The van der Waals surface area contributed by atoms with Gasteiger partial charge in [0.15, 0.2) is 0 Å². The molecule has 102 valence electrons. The highest BCUT2D eigenvalue weighted by Crippen LogP contribution is 2.10. The molecule has 0 amide bonds. The van der Waals surface area contributed by atoms with Gasteiger partial charge in [0.05, 0.1) is 5.69 Å². The first kappa shape index (κ1) is 14.0. The van der Waals surface area contributed by atoms with E-state index >= 15 is 0 Å². The fourth-order valence-corrected chi connectivity index (χ4v) is 2.54. The first-order valence-corrected chi connectivity index (χ1v) is 7.37. The van der Waals surface area contributed by atoms with Gasteiger partial charge in [0.1, 0.15) is 15.8 Å². The van der Waals surface area contributed by atoms with Gasteiger partial charge < -0.3 is 4.52 Å². The Bertz CT molecular complexity index is 652. The largest absolute Gasteiger partial charge is 0.361 e. The van der Waals surface area contributed by atoms with Crippen molar-refractivity contribution >= 4 is 21.6 Å². The number of hydrogen-bond donors (Lipinski definition) is 1. The number of aromatic nitrogens is 2. The molecule has 8 heteroatoms. The van der Waals surface area contributed by atoms with Crippen LogP contribution in [0, 0.1) is 6.92 Å². The molecular weight excluding hydrogens is 290 g/mol. The van der Waals surface area contributed by atoms with Crippen molar-refractivity contribution in [1.29, 1.82) is 0 Å². The van der Waals surface area contributed by atoms with Crippen LogP contribution < -0.4 is 4.72 Å². The molecular formula is C11H12ClN3O3S. The second-order valence-corrected chi connectivity index (χ2v) is 6.05. The van der Waals surface area contributed by atoms with Crippen LogP contribution in [-0.4, -0.2) is 25.1 Å². The molecule has 2 aromatic rings. The Morgan fingerprint density at radius 3 is 2.79 bits per heavy atom. The molecule has 6 nitrogen and oxygen atoms in total. The fourth-order valence-electron chi connectivity index (χ4n) is 1.45. The second kappa shape index (κ2) is 5.68. The van der Waals surface area contributed by atoms with E-state index in [0.717, 1.165) is 0 Å². The summed E-state index contributed by atoms with van der Waals surface area (Å²) >= 11 is 5.60. The average molecular weight is 302 g/mol. The quantitative estimate of drug-likeness (QED) is 0.847. The molecule has 0 saturated carbocycles. The number of nitrogens with one attached hydrogen (secondary N) is 1. The maximum atomic E-state index is 11.9. The second-order valence-electron chi connectivity index (χ2n) is 3.89. The van der Waals surface area contributed by atoms with Gasteiger partial charge in [-0.05, 0) is 19.1 Å². The highest BCUT2D eigenvalue weighted by Gasteiger charge is 2.14. The number of aryl methyl sites for hydroxylation is 1. The molecule has 0 spiro atoms. The minimum absolute atomic E-state index is 0.0771. The molecule has 0 unspecified atom stereocenters. The van der Waals surface area contributed by atoms with E-state index in [-0.39, 0.29) is 16.6 Å². The minimum atomic E-state index is -3.57. The van der Waals surface area contributed by atoms with Gasteiger partial charge in [-0.3, -0.25) is 0 Å².